The van der Waals surface area contributed by atoms with Crippen molar-refractivity contribution in [2.75, 3.05) is 6.61 Å². The highest BCUT2D eigenvalue weighted by Crippen LogP contribution is 2.09. The van der Waals surface area contributed by atoms with E-state index in [9.17, 15) is 4.79 Å². The van der Waals surface area contributed by atoms with Gasteiger partial charge in [-0.3, -0.25) is 4.79 Å². The van der Waals surface area contributed by atoms with Crippen LogP contribution in [0.5, 0.6) is 0 Å². The molecule has 0 aromatic rings. The van der Waals surface area contributed by atoms with Gasteiger partial charge in [-0.05, 0) is 11.6 Å². The largest absolute Gasteiger partial charge is 0.497 e. The van der Waals surface area contributed by atoms with E-state index in [0.29, 0.717) is 6.61 Å². The summed E-state index contributed by atoms with van der Waals surface area (Å²) >= 11 is 0. The van der Waals surface area contributed by atoms with Crippen LogP contribution >= 0.6 is 0 Å². The van der Waals surface area contributed by atoms with Crippen molar-refractivity contribution in [1.82, 2.24) is 0 Å². The van der Waals surface area contributed by atoms with Gasteiger partial charge < -0.3 is 15.6 Å². The van der Waals surface area contributed by atoms with Crippen molar-refractivity contribution >= 4 is 5.97 Å². The summed E-state index contributed by atoms with van der Waals surface area (Å²) in [6.45, 7) is 0.394. The van der Waals surface area contributed by atoms with Crippen LogP contribution in [0.15, 0.2) is 24.0 Å². The third kappa shape index (κ3) is 2.39. The van der Waals surface area contributed by atoms with E-state index in [0.717, 1.165) is 5.57 Å². The lowest BCUT2D eigenvalue weighted by atomic mass is 10.0. The first kappa shape index (κ1) is 8.80. The number of carbonyl (C=O) groups is 1. The van der Waals surface area contributed by atoms with Gasteiger partial charge in [0.25, 0.3) is 0 Å². The van der Waals surface area contributed by atoms with E-state index in [1.165, 1.54) is 0 Å². The Labute approximate surface area is 70.3 Å². The van der Waals surface area contributed by atoms with Gasteiger partial charge in [0.15, 0.2) is 0 Å². The highest BCUT2D eigenvalue weighted by molar-refractivity contribution is 5.68. The minimum Gasteiger partial charge on any atom is -0.497 e. The van der Waals surface area contributed by atoms with Gasteiger partial charge in [0, 0.05) is 6.04 Å². The van der Waals surface area contributed by atoms with Gasteiger partial charge in [0.05, 0.1) is 12.7 Å². The van der Waals surface area contributed by atoms with Gasteiger partial charge in [-0.1, -0.05) is 6.08 Å². The van der Waals surface area contributed by atoms with E-state index in [-0.39, 0.29) is 6.42 Å². The molecular formula is C8H11NO3. The van der Waals surface area contributed by atoms with Crippen LogP contribution in [0.1, 0.15) is 6.42 Å². The first-order valence-electron chi connectivity index (χ1n) is 3.64. The minimum absolute atomic E-state index is 0.0525. The lowest BCUT2D eigenvalue weighted by Crippen LogP contribution is -2.28. The Hall–Kier alpha value is -1.29. The summed E-state index contributed by atoms with van der Waals surface area (Å²) in [5.41, 5.74) is 6.41. The van der Waals surface area contributed by atoms with Crippen molar-refractivity contribution in [2.24, 2.45) is 5.73 Å². The van der Waals surface area contributed by atoms with Gasteiger partial charge >= 0.3 is 5.97 Å². The number of aliphatic carboxylic acids is 1. The molecule has 1 heterocycles. The fourth-order valence-electron chi connectivity index (χ4n) is 0.961. The van der Waals surface area contributed by atoms with Gasteiger partial charge in [0.2, 0.25) is 0 Å². The lowest BCUT2D eigenvalue weighted by molar-refractivity contribution is -0.137. The van der Waals surface area contributed by atoms with Gasteiger partial charge in [-0.15, -0.1) is 0 Å². The number of hydrogen-bond donors (Lipinski definition) is 2. The number of rotatable bonds is 3. The Morgan fingerprint density at radius 3 is 3.08 bits per heavy atom. The molecule has 0 radical (unpaired) electrons. The number of hydrogen-bond acceptors (Lipinski definition) is 3. The highest BCUT2D eigenvalue weighted by atomic mass is 16.5. The molecule has 0 spiro atoms. The highest BCUT2D eigenvalue weighted by Gasteiger charge is 2.13. The molecule has 66 valence electrons. The molecular weight excluding hydrogens is 158 g/mol. The maximum absolute atomic E-state index is 10.3. The monoisotopic (exact) mass is 169 g/mol. The van der Waals surface area contributed by atoms with E-state index in [1.54, 1.807) is 18.4 Å². The van der Waals surface area contributed by atoms with Crippen molar-refractivity contribution in [1.29, 1.82) is 0 Å². The van der Waals surface area contributed by atoms with Crippen LogP contribution in [-0.4, -0.2) is 23.7 Å². The fourth-order valence-corrected chi connectivity index (χ4v) is 0.961. The summed E-state index contributed by atoms with van der Waals surface area (Å²) in [6.07, 6.45) is 5.00. The molecule has 0 aliphatic carbocycles. The molecule has 1 unspecified atom stereocenters. The van der Waals surface area contributed by atoms with Crippen LogP contribution in [-0.2, 0) is 9.53 Å². The van der Waals surface area contributed by atoms with E-state index in [4.69, 9.17) is 15.6 Å². The number of carboxylic acid groups (broad SMARTS) is 1. The predicted octanol–water partition coefficient (Wildman–Crippen LogP) is 0.259. The molecule has 0 amide bonds. The van der Waals surface area contributed by atoms with E-state index in [1.807, 2.05) is 0 Å². The Morgan fingerprint density at radius 2 is 2.58 bits per heavy atom. The second-order valence-electron chi connectivity index (χ2n) is 2.59. The maximum atomic E-state index is 10.3. The average molecular weight is 169 g/mol. The van der Waals surface area contributed by atoms with Crippen LogP contribution in [0, 0.1) is 0 Å². The molecule has 0 bridgehead atoms. The number of ether oxygens (including phenoxy) is 1. The molecule has 4 heteroatoms. The van der Waals surface area contributed by atoms with Crippen LogP contribution in [0.25, 0.3) is 0 Å². The van der Waals surface area contributed by atoms with E-state index >= 15 is 0 Å². The topological polar surface area (TPSA) is 72.6 Å². The lowest BCUT2D eigenvalue weighted by Gasteiger charge is -2.15. The van der Waals surface area contributed by atoms with Crippen LogP contribution in [0.2, 0.25) is 0 Å². The number of allylic oxidation sites excluding steroid dienone is 2. The summed E-state index contributed by atoms with van der Waals surface area (Å²) in [4.78, 5) is 10.3. The zero-order valence-electron chi connectivity index (χ0n) is 6.56. The van der Waals surface area contributed by atoms with Crippen molar-refractivity contribution in [3.63, 3.8) is 0 Å². The van der Waals surface area contributed by atoms with Gasteiger partial charge in [-0.2, -0.15) is 0 Å². The summed E-state index contributed by atoms with van der Waals surface area (Å²) in [5, 5.41) is 8.45. The molecule has 0 aromatic carbocycles. The third-order valence-electron chi connectivity index (χ3n) is 1.61. The quantitative estimate of drug-likeness (QED) is 0.635. The summed E-state index contributed by atoms with van der Waals surface area (Å²) in [6, 6.07) is -0.438. The molecule has 0 fully saturated rings. The SMILES string of the molecule is NC(CC(=O)O)C1=CC=COC1. The molecule has 12 heavy (non-hydrogen) atoms. The molecule has 1 rings (SSSR count). The zero-order chi connectivity index (χ0) is 8.97. The van der Waals surface area contributed by atoms with Crippen molar-refractivity contribution < 1.29 is 14.6 Å². The fraction of sp³-hybridized carbons (Fsp3) is 0.375. The van der Waals surface area contributed by atoms with E-state index < -0.39 is 12.0 Å². The third-order valence-corrected chi connectivity index (χ3v) is 1.61. The van der Waals surface area contributed by atoms with Gasteiger partial charge in [0.1, 0.15) is 6.61 Å². The first-order chi connectivity index (χ1) is 5.70. The van der Waals surface area contributed by atoms with Crippen LogP contribution < -0.4 is 5.73 Å². The second kappa shape index (κ2) is 3.92. The molecule has 1 aliphatic rings. The van der Waals surface area contributed by atoms with Crippen molar-refractivity contribution in [3.05, 3.63) is 24.0 Å². The Morgan fingerprint density at radius 1 is 1.83 bits per heavy atom. The van der Waals surface area contributed by atoms with Crippen molar-refractivity contribution in [3.8, 4) is 0 Å². The summed E-state index contributed by atoms with van der Waals surface area (Å²) < 4.78 is 4.96. The Kier molecular flexibility index (Phi) is 2.88. The number of carboxylic acids is 1. The molecule has 4 nitrogen and oxygen atoms in total. The minimum atomic E-state index is -0.891. The first-order valence-corrected chi connectivity index (χ1v) is 3.64. The Balaban J connectivity index is 2.51. The molecule has 0 saturated carbocycles. The average Bonchev–Trinajstić information content (AvgIpc) is 2.05. The molecule has 0 aromatic heterocycles. The summed E-state index contributed by atoms with van der Waals surface area (Å²) in [7, 11) is 0. The molecule has 1 aliphatic heterocycles. The zero-order valence-corrected chi connectivity index (χ0v) is 6.56. The number of nitrogens with two attached hydrogens (primary N) is 1. The van der Waals surface area contributed by atoms with Crippen molar-refractivity contribution in [2.45, 2.75) is 12.5 Å². The maximum Gasteiger partial charge on any atom is 0.305 e. The molecule has 3 N–H and O–H groups in total. The van der Waals surface area contributed by atoms with E-state index in [2.05, 4.69) is 0 Å². The van der Waals surface area contributed by atoms with Crippen LogP contribution in [0.3, 0.4) is 0 Å². The standard InChI is InChI=1S/C8H11NO3/c9-7(4-8(10)11)6-2-1-3-12-5-6/h1-3,7H,4-5,9H2,(H,10,11). The van der Waals surface area contributed by atoms with Crippen LogP contribution in [0.4, 0.5) is 0 Å². The normalized spacial score (nSPS) is 17.9. The molecule has 1 atom stereocenters. The second-order valence-corrected chi connectivity index (χ2v) is 2.59. The smallest absolute Gasteiger partial charge is 0.305 e. The molecule has 0 saturated heterocycles. The predicted molar refractivity (Wildman–Crippen MR) is 43.4 cm³/mol. The van der Waals surface area contributed by atoms with Gasteiger partial charge in [-0.25, -0.2) is 0 Å². The summed E-state index contributed by atoms with van der Waals surface area (Å²) in [5.74, 6) is -0.891. The Bertz CT molecular complexity index is 232.